The molecule has 0 saturated carbocycles. The van der Waals surface area contributed by atoms with Crippen molar-refractivity contribution in [1.82, 2.24) is 15.2 Å². The molecule has 1 aromatic rings. The molecular formula is C16H26N4O. The molecule has 0 radical (unpaired) electrons. The standard InChI is InChI=1S/C16H26N4O/c1-3-6-17-15-12-14(11-13(2)19-15)16(21)18-7-10-20-8-4-5-9-20/h11-12H,3-10H2,1-2H3,(H,17,19)(H,18,21). The highest BCUT2D eigenvalue weighted by Crippen LogP contribution is 2.10. The number of anilines is 1. The number of hydrogen-bond donors (Lipinski definition) is 2. The number of hydrogen-bond acceptors (Lipinski definition) is 4. The Morgan fingerprint density at radius 3 is 2.76 bits per heavy atom. The molecule has 116 valence electrons. The second kappa shape index (κ2) is 7.98. The van der Waals surface area contributed by atoms with Crippen LogP contribution in [0, 0.1) is 6.92 Å². The van der Waals surface area contributed by atoms with E-state index in [1.54, 1.807) is 0 Å². The van der Waals surface area contributed by atoms with E-state index in [1.165, 1.54) is 12.8 Å². The maximum Gasteiger partial charge on any atom is 0.251 e. The fourth-order valence-corrected chi connectivity index (χ4v) is 2.58. The Kier molecular flexibility index (Phi) is 5.99. The molecule has 0 atom stereocenters. The topological polar surface area (TPSA) is 57.3 Å². The van der Waals surface area contributed by atoms with Crippen LogP contribution in [0.3, 0.4) is 0 Å². The summed E-state index contributed by atoms with van der Waals surface area (Å²) in [6.45, 7) is 8.86. The molecule has 1 aromatic heterocycles. The Balaban J connectivity index is 1.86. The Hall–Kier alpha value is -1.62. The average molecular weight is 290 g/mol. The number of aryl methyl sites for hydroxylation is 1. The van der Waals surface area contributed by atoms with Crippen LogP contribution in [-0.4, -0.2) is 48.5 Å². The van der Waals surface area contributed by atoms with Crippen LogP contribution in [0.15, 0.2) is 12.1 Å². The quantitative estimate of drug-likeness (QED) is 0.807. The number of amides is 1. The fraction of sp³-hybridized carbons (Fsp3) is 0.625. The smallest absolute Gasteiger partial charge is 0.251 e. The summed E-state index contributed by atoms with van der Waals surface area (Å²) in [7, 11) is 0. The zero-order valence-electron chi connectivity index (χ0n) is 13.1. The van der Waals surface area contributed by atoms with Gasteiger partial charge >= 0.3 is 0 Å². The van der Waals surface area contributed by atoms with Gasteiger partial charge in [0.2, 0.25) is 0 Å². The minimum atomic E-state index is -0.0146. The van der Waals surface area contributed by atoms with Crippen molar-refractivity contribution in [3.63, 3.8) is 0 Å². The fourth-order valence-electron chi connectivity index (χ4n) is 2.58. The number of nitrogens with one attached hydrogen (secondary N) is 2. The van der Waals surface area contributed by atoms with Crippen molar-refractivity contribution in [1.29, 1.82) is 0 Å². The van der Waals surface area contributed by atoms with Gasteiger partial charge in [0.25, 0.3) is 5.91 Å². The van der Waals surface area contributed by atoms with Crippen LogP contribution in [0.25, 0.3) is 0 Å². The van der Waals surface area contributed by atoms with Gasteiger partial charge in [0.05, 0.1) is 0 Å². The molecule has 5 heteroatoms. The zero-order chi connectivity index (χ0) is 15.1. The molecule has 1 aliphatic rings. The monoisotopic (exact) mass is 290 g/mol. The van der Waals surface area contributed by atoms with Crippen LogP contribution in [0.2, 0.25) is 0 Å². The first-order valence-electron chi connectivity index (χ1n) is 7.92. The second-order valence-corrected chi connectivity index (χ2v) is 5.61. The van der Waals surface area contributed by atoms with Crippen LogP contribution in [-0.2, 0) is 0 Å². The molecule has 1 aliphatic heterocycles. The van der Waals surface area contributed by atoms with E-state index < -0.39 is 0 Å². The molecule has 1 fully saturated rings. The highest BCUT2D eigenvalue weighted by Gasteiger charge is 2.12. The number of rotatable bonds is 7. The summed E-state index contributed by atoms with van der Waals surface area (Å²) < 4.78 is 0. The van der Waals surface area contributed by atoms with E-state index in [4.69, 9.17) is 0 Å². The third-order valence-electron chi connectivity index (χ3n) is 3.68. The molecule has 21 heavy (non-hydrogen) atoms. The van der Waals surface area contributed by atoms with E-state index in [9.17, 15) is 4.79 Å². The number of carbonyl (C=O) groups excluding carboxylic acids is 1. The molecule has 2 rings (SSSR count). The van der Waals surface area contributed by atoms with Crippen molar-refractivity contribution in [3.8, 4) is 0 Å². The molecule has 2 heterocycles. The van der Waals surface area contributed by atoms with Gasteiger partial charge in [-0.2, -0.15) is 0 Å². The largest absolute Gasteiger partial charge is 0.370 e. The summed E-state index contributed by atoms with van der Waals surface area (Å²) in [5.41, 5.74) is 1.54. The summed E-state index contributed by atoms with van der Waals surface area (Å²) >= 11 is 0. The molecular weight excluding hydrogens is 264 g/mol. The molecule has 1 amide bonds. The number of carbonyl (C=O) groups is 1. The first-order valence-corrected chi connectivity index (χ1v) is 7.92. The van der Waals surface area contributed by atoms with E-state index in [0.29, 0.717) is 12.1 Å². The lowest BCUT2D eigenvalue weighted by molar-refractivity contribution is 0.0949. The van der Waals surface area contributed by atoms with E-state index in [-0.39, 0.29) is 5.91 Å². The number of likely N-dealkylation sites (tertiary alicyclic amines) is 1. The van der Waals surface area contributed by atoms with Gasteiger partial charge < -0.3 is 15.5 Å². The highest BCUT2D eigenvalue weighted by molar-refractivity contribution is 5.95. The van der Waals surface area contributed by atoms with Crippen molar-refractivity contribution in [2.45, 2.75) is 33.1 Å². The van der Waals surface area contributed by atoms with Crippen molar-refractivity contribution in [2.24, 2.45) is 0 Å². The molecule has 5 nitrogen and oxygen atoms in total. The molecule has 0 spiro atoms. The van der Waals surface area contributed by atoms with Gasteiger partial charge in [0.15, 0.2) is 0 Å². The van der Waals surface area contributed by atoms with E-state index in [1.807, 2.05) is 19.1 Å². The Morgan fingerprint density at radius 1 is 1.29 bits per heavy atom. The summed E-state index contributed by atoms with van der Waals surface area (Å²) in [6.07, 6.45) is 3.60. The lowest BCUT2D eigenvalue weighted by Gasteiger charge is -2.15. The summed E-state index contributed by atoms with van der Waals surface area (Å²) in [6, 6.07) is 3.66. The van der Waals surface area contributed by atoms with Crippen LogP contribution in [0.5, 0.6) is 0 Å². The Labute approximate surface area is 127 Å². The summed E-state index contributed by atoms with van der Waals surface area (Å²) in [5, 5.41) is 6.23. The van der Waals surface area contributed by atoms with Crippen molar-refractivity contribution < 1.29 is 4.79 Å². The maximum atomic E-state index is 12.2. The van der Waals surface area contributed by atoms with E-state index in [2.05, 4.69) is 27.4 Å². The highest BCUT2D eigenvalue weighted by atomic mass is 16.1. The van der Waals surface area contributed by atoms with E-state index >= 15 is 0 Å². The molecule has 0 aromatic carbocycles. The lowest BCUT2D eigenvalue weighted by Crippen LogP contribution is -2.33. The molecule has 2 N–H and O–H groups in total. The molecule has 0 aliphatic carbocycles. The maximum absolute atomic E-state index is 12.2. The summed E-state index contributed by atoms with van der Waals surface area (Å²) in [4.78, 5) is 19.0. The predicted octanol–water partition coefficient (Wildman–Crippen LogP) is 2.04. The second-order valence-electron chi connectivity index (χ2n) is 5.61. The molecule has 0 bridgehead atoms. The van der Waals surface area contributed by atoms with Crippen molar-refractivity contribution in [2.75, 3.05) is 38.0 Å². The van der Waals surface area contributed by atoms with Crippen molar-refractivity contribution in [3.05, 3.63) is 23.4 Å². The van der Waals surface area contributed by atoms with Gasteiger partial charge in [-0.3, -0.25) is 4.79 Å². The molecule has 0 unspecified atom stereocenters. The van der Waals surface area contributed by atoms with Crippen molar-refractivity contribution >= 4 is 11.7 Å². The van der Waals surface area contributed by atoms with Gasteiger partial charge in [0.1, 0.15) is 5.82 Å². The van der Waals surface area contributed by atoms with Crippen LogP contribution in [0.1, 0.15) is 42.2 Å². The predicted molar refractivity (Wildman–Crippen MR) is 85.8 cm³/mol. The first-order chi connectivity index (χ1) is 10.2. The number of aromatic nitrogens is 1. The van der Waals surface area contributed by atoms with Gasteiger partial charge in [-0.1, -0.05) is 6.92 Å². The van der Waals surface area contributed by atoms with Gasteiger partial charge in [-0.15, -0.1) is 0 Å². The average Bonchev–Trinajstić information content (AvgIpc) is 2.97. The minimum absolute atomic E-state index is 0.0146. The lowest BCUT2D eigenvalue weighted by atomic mass is 10.2. The Bertz CT molecular complexity index is 469. The first kappa shape index (κ1) is 15.8. The summed E-state index contributed by atoms with van der Waals surface area (Å²) in [5.74, 6) is 0.765. The minimum Gasteiger partial charge on any atom is -0.370 e. The van der Waals surface area contributed by atoms with Crippen LogP contribution >= 0.6 is 0 Å². The van der Waals surface area contributed by atoms with Gasteiger partial charge in [-0.25, -0.2) is 4.98 Å². The normalized spacial score (nSPS) is 15.1. The molecule has 1 saturated heterocycles. The zero-order valence-corrected chi connectivity index (χ0v) is 13.1. The third kappa shape index (κ3) is 5.01. The van der Waals surface area contributed by atoms with Crippen LogP contribution < -0.4 is 10.6 Å². The van der Waals surface area contributed by atoms with Crippen LogP contribution in [0.4, 0.5) is 5.82 Å². The number of pyridine rings is 1. The number of nitrogens with zero attached hydrogens (tertiary/aromatic N) is 2. The van der Waals surface area contributed by atoms with E-state index in [0.717, 1.165) is 44.1 Å². The van der Waals surface area contributed by atoms with Gasteiger partial charge in [0, 0.05) is 30.9 Å². The Morgan fingerprint density at radius 2 is 2.05 bits per heavy atom. The third-order valence-corrected chi connectivity index (χ3v) is 3.68. The SMILES string of the molecule is CCCNc1cc(C(=O)NCCN2CCCC2)cc(C)n1. The van der Waals surface area contributed by atoms with Gasteiger partial charge in [-0.05, 0) is 51.4 Å².